The minimum absolute atomic E-state index is 0.0910. The Bertz CT molecular complexity index is 1160. The molecule has 0 radical (unpaired) electrons. The second-order valence-corrected chi connectivity index (χ2v) is 9.59. The van der Waals surface area contributed by atoms with Crippen molar-refractivity contribution in [2.75, 3.05) is 24.3 Å². The van der Waals surface area contributed by atoms with Gasteiger partial charge in [0.2, 0.25) is 5.91 Å². The molecular formula is C24H26N4O2S2. The van der Waals surface area contributed by atoms with E-state index in [1.165, 1.54) is 21.8 Å². The summed E-state index contributed by atoms with van der Waals surface area (Å²) in [6, 6.07) is 14.3. The molecule has 0 aliphatic carbocycles. The highest BCUT2D eigenvalue weighted by Gasteiger charge is 2.20. The number of carbonyl (C=O) groups is 1. The van der Waals surface area contributed by atoms with Crippen molar-refractivity contribution in [1.29, 1.82) is 0 Å². The van der Waals surface area contributed by atoms with Crippen LogP contribution >= 0.6 is 23.1 Å². The summed E-state index contributed by atoms with van der Waals surface area (Å²) in [5.74, 6) is 1.55. The van der Waals surface area contributed by atoms with E-state index in [2.05, 4.69) is 36.2 Å². The number of ether oxygens (including phenoxy) is 1. The van der Waals surface area contributed by atoms with Gasteiger partial charge >= 0.3 is 0 Å². The number of benzene rings is 2. The van der Waals surface area contributed by atoms with Crippen LogP contribution in [0.5, 0.6) is 5.75 Å². The number of anilines is 1. The van der Waals surface area contributed by atoms with Crippen molar-refractivity contribution in [2.24, 2.45) is 0 Å². The molecule has 0 atom stereocenters. The Labute approximate surface area is 196 Å². The standard InChI is InChI=1S/C24H26N4O2S2/c1-18-7-9-19(10-8-18)31-16-11-22(29)28(14-4-13-27-15-12-25-17-27)24-26-23-20(30-2)5-3-6-21(23)32-24/h3,5-10,12,15,17H,4,11,13-14,16H2,1-2H3. The molecule has 8 heteroatoms. The lowest BCUT2D eigenvalue weighted by Gasteiger charge is -2.20. The van der Waals surface area contributed by atoms with Crippen LogP contribution in [0.3, 0.4) is 0 Å². The summed E-state index contributed by atoms with van der Waals surface area (Å²) < 4.78 is 8.50. The number of amides is 1. The van der Waals surface area contributed by atoms with Crippen molar-refractivity contribution in [3.63, 3.8) is 0 Å². The van der Waals surface area contributed by atoms with E-state index in [-0.39, 0.29) is 5.91 Å². The first kappa shape index (κ1) is 22.4. The van der Waals surface area contributed by atoms with Crippen molar-refractivity contribution in [1.82, 2.24) is 14.5 Å². The lowest BCUT2D eigenvalue weighted by atomic mass is 10.2. The molecule has 2 aromatic heterocycles. The Kier molecular flexibility index (Phi) is 7.44. The molecule has 2 aromatic carbocycles. The number of nitrogens with zero attached hydrogens (tertiary/aromatic N) is 4. The van der Waals surface area contributed by atoms with Gasteiger partial charge in [0.25, 0.3) is 0 Å². The second kappa shape index (κ2) is 10.7. The molecule has 4 rings (SSSR count). The average Bonchev–Trinajstić information content (AvgIpc) is 3.47. The van der Waals surface area contributed by atoms with E-state index in [0.717, 1.165) is 39.8 Å². The SMILES string of the molecule is COc1cccc2sc(N(CCCn3ccnc3)C(=O)CCSc3ccc(C)cc3)nc12. The molecule has 0 saturated carbocycles. The number of rotatable bonds is 10. The molecule has 6 nitrogen and oxygen atoms in total. The minimum atomic E-state index is 0.0910. The molecule has 2 heterocycles. The maximum absolute atomic E-state index is 13.2. The van der Waals surface area contributed by atoms with Crippen molar-refractivity contribution in [3.05, 3.63) is 66.7 Å². The topological polar surface area (TPSA) is 60.2 Å². The molecule has 0 aliphatic rings. The van der Waals surface area contributed by atoms with Gasteiger partial charge in [0.05, 0.1) is 18.1 Å². The van der Waals surface area contributed by atoms with Crippen LogP contribution in [0.15, 0.2) is 66.1 Å². The van der Waals surface area contributed by atoms with Crippen LogP contribution in [0.2, 0.25) is 0 Å². The molecule has 0 unspecified atom stereocenters. The number of thioether (sulfide) groups is 1. The molecule has 0 saturated heterocycles. The fraction of sp³-hybridized carbons (Fsp3) is 0.292. The number of methoxy groups -OCH3 is 1. The van der Waals surface area contributed by atoms with E-state index in [9.17, 15) is 4.79 Å². The third kappa shape index (κ3) is 5.49. The van der Waals surface area contributed by atoms with Crippen molar-refractivity contribution in [3.8, 4) is 5.75 Å². The van der Waals surface area contributed by atoms with Crippen LogP contribution in [-0.4, -0.2) is 39.8 Å². The molecule has 0 aliphatic heterocycles. The third-order valence-corrected chi connectivity index (χ3v) is 7.14. The van der Waals surface area contributed by atoms with Crippen molar-refractivity contribution < 1.29 is 9.53 Å². The number of fused-ring (bicyclic) bond motifs is 1. The highest BCUT2D eigenvalue weighted by Crippen LogP contribution is 2.34. The Morgan fingerprint density at radius 2 is 2.06 bits per heavy atom. The summed E-state index contributed by atoms with van der Waals surface area (Å²) in [7, 11) is 1.64. The van der Waals surface area contributed by atoms with E-state index in [4.69, 9.17) is 9.72 Å². The Morgan fingerprint density at radius 1 is 1.22 bits per heavy atom. The van der Waals surface area contributed by atoms with Gasteiger partial charge in [-0.1, -0.05) is 35.1 Å². The molecular weight excluding hydrogens is 440 g/mol. The highest BCUT2D eigenvalue weighted by molar-refractivity contribution is 7.99. The summed E-state index contributed by atoms with van der Waals surface area (Å²) >= 11 is 3.24. The number of aryl methyl sites for hydroxylation is 2. The number of imidazole rings is 1. The maximum atomic E-state index is 13.2. The maximum Gasteiger partial charge on any atom is 0.229 e. The minimum Gasteiger partial charge on any atom is -0.494 e. The quantitative estimate of drug-likeness (QED) is 0.292. The van der Waals surface area contributed by atoms with Crippen molar-refractivity contribution in [2.45, 2.75) is 31.2 Å². The van der Waals surface area contributed by atoms with Crippen LogP contribution in [0.25, 0.3) is 10.2 Å². The van der Waals surface area contributed by atoms with Gasteiger partial charge in [0, 0.05) is 42.6 Å². The van der Waals surface area contributed by atoms with Crippen LogP contribution in [0, 0.1) is 6.92 Å². The van der Waals surface area contributed by atoms with Crippen LogP contribution in [-0.2, 0) is 11.3 Å². The van der Waals surface area contributed by atoms with E-state index in [1.807, 2.05) is 33.9 Å². The van der Waals surface area contributed by atoms with Crippen molar-refractivity contribution >= 4 is 44.4 Å². The number of aromatic nitrogens is 3. The molecule has 32 heavy (non-hydrogen) atoms. The van der Waals surface area contributed by atoms with Gasteiger partial charge in [-0.05, 0) is 37.6 Å². The monoisotopic (exact) mass is 466 g/mol. The number of para-hydroxylation sites is 1. The Balaban J connectivity index is 1.47. The lowest BCUT2D eigenvalue weighted by molar-refractivity contribution is -0.118. The summed E-state index contributed by atoms with van der Waals surface area (Å²) in [5, 5.41) is 0.723. The summed E-state index contributed by atoms with van der Waals surface area (Å²) in [6.45, 7) is 3.48. The van der Waals surface area contributed by atoms with Gasteiger partial charge in [0.1, 0.15) is 11.3 Å². The molecule has 1 amide bonds. The first-order valence-corrected chi connectivity index (χ1v) is 12.3. The number of hydrogen-bond acceptors (Lipinski definition) is 6. The molecule has 0 spiro atoms. The predicted molar refractivity (Wildman–Crippen MR) is 132 cm³/mol. The highest BCUT2D eigenvalue weighted by atomic mass is 32.2. The van der Waals surface area contributed by atoms with E-state index < -0.39 is 0 Å². The first-order valence-electron chi connectivity index (χ1n) is 10.5. The average molecular weight is 467 g/mol. The fourth-order valence-corrected chi connectivity index (χ4v) is 5.24. The Morgan fingerprint density at radius 3 is 2.81 bits per heavy atom. The molecule has 0 fully saturated rings. The summed E-state index contributed by atoms with van der Waals surface area (Å²) in [4.78, 5) is 25.1. The summed E-state index contributed by atoms with van der Waals surface area (Å²) in [6.07, 6.45) is 6.78. The third-order valence-electron chi connectivity index (χ3n) is 5.09. The normalized spacial score (nSPS) is 11.1. The van der Waals surface area contributed by atoms with Gasteiger partial charge in [-0.15, -0.1) is 11.8 Å². The molecule has 0 N–H and O–H groups in total. The van der Waals surface area contributed by atoms with Gasteiger partial charge in [-0.3, -0.25) is 9.69 Å². The van der Waals surface area contributed by atoms with Gasteiger partial charge in [-0.25, -0.2) is 9.97 Å². The lowest BCUT2D eigenvalue weighted by Crippen LogP contribution is -2.32. The molecule has 166 valence electrons. The van der Waals surface area contributed by atoms with Crippen LogP contribution in [0.1, 0.15) is 18.4 Å². The van der Waals surface area contributed by atoms with Gasteiger partial charge < -0.3 is 9.30 Å². The van der Waals surface area contributed by atoms with E-state index >= 15 is 0 Å². The largest absolute Gasteiger partial charge is 0.494 e. The Hall–Kier alpha value is -2.84. The first-order chi connectivity index (χ1) is 15.6. The second-order valence-electron chi connectivity index (χ2n) is 7.41. The molecule has 0 bridgehead atoms. The van der Waals surface area contributed by atoms with E-state index in [0.29, 0.717) is 13.0 Å². The number of hydrogen-bond donors (Lipinski definition) is 0. The van der Waals surface area contributed by atoms with Gasteiger partial charge in [-0.2, -0.15) is 0 Å². The van der Waals surface area contributed by atoms with Crippen LogP contribution in [0.4, 0.5) is 5.13 Å². The number of thiazole rings is 1. The zero-order chi connectivity index (χ0) is 22.3. The smallest absolute Gasteiger partial charge is 0.229 e. The molecule has 4 aromatic rings. The zero-order valence-electron chi connectivity index (χ0n) is 18.2. The van der Waals surface area contributed by atoms with E-state index in [1.54, 1.807) is 31.4 Å². The van der Waals surface area contributed by atoms with Gasteiger partial charge in [0.15, 0.2) is 5.13 Å². The fourth-order valence-electron chi connectivity index (χ4n) is 3.37. The zero-order valence-corrected chi connectivity index (χ0v) is 19.9. The number of carbonyl (C=O) groups excluding carboxylic acids is 1. The predicted octanol–water partition coefficient (Wildman–Crippen LogP) is 5.42. The summed E-state index contributed by atoms with van der Waals surface area (Å²) in [5.41, 5.74) is 2.04. The van der Waals surface area contributed by atoms with Crippen LogP contribution < -0.4 is 9.64 Å².